The number of unbranched alkanes of at least 4 members (excludes halogenated alkanes) is 5. The summed E-state index contributed by atoms with van der Waals surface area (Å²) in [5.41, 5.74) is 0. The minimum absolute atomic E-state index is 1.03. The molecule has 0 spiro atoms. The van der Waals surface area contributed by atoms with Gasteiger partial charge in [0.15, 0.2) is 0 Å². The number of hydrogen-bond acceptors (Lipinski definition) is 0. The van der Waals surface area contributed by atoms with Gasteiger partial charge in [-0.25, -0.2) is 0 Å². The fourth-order valence-corrected chi connectivity index (χ4v) is 3.95. The van der Waals surface area contributed by atoms with Crippen LogP contribution in [-0.2, 0) is 0 Å². The summed E-state index contributed by atoms with van der Waals surface area (Å²) in [6, 6.07) is 0. The molecular weight excluding hydrogens is 239 g/mol. The molecule has 0 bridgehead atoms. The number of hydrogen-bond donors (Lipinski definition) is 0. The average molecular weight is 278 g/mol. The van der Waals surface area contributed by atoms with Gasteiger partial charge in [-0.1, -0.05) is 122 Å². The maximum absolute atomic E-state index is 2.42. The highest BCUT2D eigenvalue weighted by molar-refractivity contribution is 6.39. The van der Waals surface area contributed by atoms with Crippen molar-refractivity contribution in [3.8, 4) is 0 Å². The van der Waals surface area contributed by atoms with E-state index in [1.807, 2.05) is 0 Å². The predicted octanol–water partition coefficient (Wildman–Crippen LogP) is 6.90. The molecule has 0 heterocycles. The molecule has 1 saturated carbocycles. The van der Waals surface area contributed by atoms with Crippen LogP contribution < -0.4 is 0 Å². The quantitative estimate of drug-likeness (QED) is 0.301. The second-order valence-electron chi connectivity index (χ2n) is 7.28. The molecule has 0 N–H and O–H groups in total. The lowest BCUT2D eigenvalue weighted by molar-refractivity contribution is 0.494. The predicted molar refractivity (Wildman–Crippen MR) is 95.3 cm³/mol. The third-order valence-corrected chi connectivity index (χ3v) is 5.43. The Bertz CT molecular complexity index is 194. The highest BCUT2D eigenvalue weighted by atomic mass is 14.1. The van der Waals surface area contributed by atoms with E-state index in [4.69, 9.17) is 0 Å². The molecule has 1 heteroatoms. The number of rotatable bonds is 10. The van der Waals surface area contributed by atoms with Crippen molar-refractivity contribution in [2.75, 3.05) is 0 Å². The summed E-state index contributed by atoms with van der Waals surface area (Å²) < 4.78 is 0. The van der Waals surface area contributed by atoms with Crippen LogP contribution in [0.15, 0.2) is 0 Å². The Morgan fingerprint density at radius 3 is 2.05 bits per heavy atom. The van der Waals surface area contributed by atoms with Gasteiger partial charge in [0.1, 0.15) is 7.28 Å². The van der Waals surface area contributed by atoms with Crippen molar-refractivity contribution >= 4 is 7.28 Å². The first-order valence-corrected chi connectivity index (χ1v) is 9.86. The fourth-order valence-electron chi connectivity index (χ4n) is 3.95. The van der Waals surface area contributed by atoms with Crippen molar-refractivity contribution in [3.63, 3.8) is 0 Å². The van der Waals surface area contributed by atoms with Crippen LogP contribution >= 0.6 is 0 Å². The van der Waals surface area contributed by atoms with Crippen LogP contribution in [0.4, 0.5) is 0 Å². The van der Waals surface area contributed by atoms with Gasteiger partial charge in [-0.15, -0.1) is 0 Å². The molecule has 118 valence electrons. The van der Waals surface area contributed by atoms with Crippen molar-refractivity contribution in [2.24, 2.45) is 0 Å². The zero-order valence-electron chi connectivity index (χ0n) is 14.5. The van der Waals surface area contributed by atoms with Gasteiger partial charge in [-0.2, -0.15) is 0 Å². The molecule has 0 saturated heterocycles. The molecule has 0 radical (unpaired) electrons. The van der Waals surface area contributed by atoms with E-state index in [0.29, 0.717) is 0 Å². The molecule has 1 rings (SSSR count). The van der Waals surface area contributed by atoms with Gasteiger partial charge in [0.25, 0.3) is 0 Å². The lowest BCUT2D eigenvalue weighted by atomic mass is 9.50. The van der Waals surface area contributed by atoms with Crippen LogP contribution in [0, 0.1) is 0 Å². The van der Waals surface area contributed by atoms with Crippen molar-refractivity contribution < 1.29 is 0 Å². The van der Waals surface area contributed by atoms with Gasteiger partial charge < -0.3 is 0 Å². The molecule has 0 amide bonds. The first-order chi connectivity index (χ1) is 9.86. The maximum atomic E-state index is 2.42. The highest BCUT2D eigenvalue weighted by Crippen LogP contribution is 2.31. The smallest absolute Gasteiger partial charge is 0.0658 e. The molecular formula is C19H39B. The Balaban J connectivity index is 2.10. The summed E-state index contributed by atoms with van der Waals surface area (Å²) in [4.78, 5) is 0. The second-order valence-corrected chi connectivity index (χ2v) is 7.28. The molecule has 1 unspecified atom stereocenters. The monoisotopic (exact) mass is 278 g/mol. The Morgan fingerprint density at radius 1 is 0.800 bits per heavy atom. The molecule has 0 nitrogen and oxygen atoms in total. The van der Waals surface area contributed by atoms with Crippen LogP contribution in [0.25, 0.3) is 0 Å². The minimum Gasteiger partial charge on any atom is -0.0658 e. The van der Waals surface area contributed by atoms with Crippen LogP contribution in [0.2, 0.25) is 11.6 Å². The van der Waals surface area contributed by atoms with E-state index in [-0.39, 0.29) is 0 Å². The lowest BCUT2D eigenvalue weighted by Crippen LogP contribution is -2.12. The van der Waals surface area contributed by atoms with Crippen LogP contribution in [-0.4, -0.2) is 7.28 Å². The average Bonchev–Trinajstić information content (AvgIpc) is 2.43. The third-order valence-electron chi connectivity index (χ3n) is 5.43. The van der Waals surface area contributed by atoms with E-state index < -0.39 is 0 Å². The van der Waals surface area contributed by atoms with Gasteiger partial charge in [0.2, 0.25) is 0 Å². The fraction of sp³-hybridized carbons (Fsp3) is 1.00. The van der Waals surface area contributed by atoms with E-state index in [1.165, 1.54) is 96.3 Å². The summed E-state index contributed by atoms with van der Waals surface area (Å²) in [6.45, 7) is 4.73. The normalized spacial score (nSPS) is 19.3. The van der Waals surface area contributed by atoms with E-state index in [1.54, 1.807) is 7.28 Å². The first-order valence-electron chi connectivity index (χ1n) is 9.86. The lowest BCUT2D eigenvalue weighted by Gasteiger charge is -2.23. The largest absolute Gasteiger partial charge is 0.127 e. The molecule has 1 aliphatic carbocycles. The van der Waals surface area contributed by atoms with Crippen molar-refractivity contribution in [1.29, 1.82) is 0 Å². The minimum atomic E-state index is 1.03. The third kappa shape index (κ3) is 9.08. The summed E-state index contributed by atoms with van der Waals surface area (Å²) in [6.07, 6.45) is 22.3. The summed E-state index contributed by atoms with van der Waals surface area (Å²) in [5.74, 6) is 2.10. The Labute approximate surface area is 129 Å². The summed E-state index contributed by atoms with van der Waals surface area (Å²) in [5, 5.41) is 0. The van der Waals surface area contributed by atoms with E-state index >= 15 is 0 Å². The van der Waals surface area contributed by atoms with Gasteiger partial charge in [0, 0.05) is 0 Å². The zero-order chi connectivity index (χ0) is 14.5. The Kier molecular flexibility index (Phi) is 11.6. The van der Waals surface area contributed by atoms with Crippen molar-refractivity contribution in [1.82, 2.24) is 0 Å². The summed E-state index contributed by atoms with van der Waals surface area (Å²) >= 11 is 0. The van der Waals surface area contributed by atoms with Crippen molar-refractivity contribution in [3.05, 3.63) is 0 Å². The second kappa shape index (κ2) is 12.8. The maximum Gasteiger partial charge on any atom is 0.127 e. The molecule has 0 aliphatic heterocycles. The first kappa shape index (κ1) is 18.1. The van der Waals surface area contributed by atoms with Gasteiger partial charge in [-0.3, -0.25) is 0 Å². The van der Waals surface area contributed by atoms with Crippen LogP contribution in [0.5, 0.6) is 0 Å². The van der Waals surface area contributed by atoms with Crippen LogP contribution in [0.3, 0.4) is 0 Å². The zero-order valence-corrected chi connectivity index (χ0v) is 14.5. The van der Waals surface area contributed by atoms with Gasteiger partial charge in [-0.05, 0) is 0 Å². The molecule has 20 heavy (non-hydrogen) atoms. The molecule has 0 aromatic rings. The van der Waals surface area contributed by atoms with E-state index in [9.17, 15) is 0 Å². The van der Waals surface area contributed by atoms with Crippen molar-refractivity contribution in [2.45, 2.75) is 122 Å². The Morgan fingerprint density at radius 2 is 1.40 bits per heavy atom. The standard InChI is InChI=1S/C19H39B/c1-3-5-6-7-9-12-15-18(4-2)20-19-16-13-10-8-11-14-17-19/h18-20H,3-17H2,1-2H3. The molecule has 1 atom stereocenters. The topological polar surface area (TPSA) is 0 Å². The Hall–Kier alpha value is 0.0649. The van der Waals surface area contributed by atoms with Gasteiger partial charge >= 0.3 is 0 Å². The molecule has 1 fully saturated rings. The van der Waals surface area contributed by atoms with Crippen LogP contribution in [0.1, 0.15) is 110 Å². The SMILES string of the molecule is CCCCCCCCC(BC1CCCCCCC1)CC. The molecule has 1 aliphatic rings. The van der Waals surface area contributed by atoms with E-state index in [2.05, 4.69) is 13.8 Å². The molecule has 0 aromatic carbocycles. The van der Waals surface area contributed by atoms with Gasteiger partial charge in [0.05, 0.1) is 0 Å². The highest BCUT2D eigenvalue weighted by Gasteiger charge is 2.18. The van der Waals surface area contributed by atoms with E-state index in [0.717, 1.165) is 11.6 Å². The molecule has 0 aromatic heterocycles. The summed E-state index contributed by atoms with van der Waals surface area (Å²) in [7, 11) is 1.55.